The van der Waals surface area contributed by atoms with Crippen LogP contribution < -0.4 is 11.1 Å². The lowest BCUT2D eigenvalue weighted by atomic mass is 10.2. The van der Waals surface area contributed by atoms with E-state index in [0.717, 1.165) is 22.6 Å². The van der Waals surface area contributed by atoms with Crippen LogP contribution in [0.15, 0.2) is 23.1 Å². The van der Waals surface area contributed by atoms with Gasteiger partial charge in [0.25, 0.3) is 0 Å². The SMILES string of the molecule is COCCCNC(=O)CSc1cc(C)ccc1N. The van der Waals surface area contributed by atoms with Crippen LogP contribution in [0.25, 0.3) is 0 Å². The largest absolute Gasteiger partial charge is 0.398 e. The van der Waals surface area contributed by atoms with Crippen LogP contribution in [0.2, 0.25) is 0 Å². The molecule has 0 unspecified atom stereocenters. The number of thioether (sulfide) groups is 1. The summed E-state index contributed by atoms with van der Waals surface area (Å²) in [4.78, 5) is 12.5. The fraction of sp³-hybridized carbons (Fsp3) is 0.462. The highest BCUT2D eigenvalue weighted by molar-refractivity contribution is 8.00. The van der Waals surface area contributed by atoms with Crippen LogP contribution in [0.3, 0.4) is 0 Å². The molecule has 18 heavy (non-hydrogen) atoms. The number of rotatable bonds is 7. The van der Waals surface area contributed by atoms with Crippen LogP contribution in [-0.2, 0) is 9.53 Å². The van der Waals surface area contributed by atoms with Gasteiger partial charge in [0.15, 0.2) is 0 Å². The van der Waals surface area contributed by atoms with Crippen molar-refractivity contribution in [3.63, 3.8) is 0 Å². The number of nitrogen functional groups attached to an aromatic ring is 1. The molecule has 0 atom stereocenters. The summed E-state index contributed by atoms with van der Waals surface area (Å²) in [6.07, 6.45) is 0.833. The number of methoxy groups -OCH3 is 1. The zero-order valence-electron chi connectivity index (χ0n) is 10.9. The molecule has 0 bridgehead atoms. The molecule has 0 aliphatic carbocycles. The Balaban J connectivity index is 2.31. The number of hydrogen-bond donors (Lipinski definition) is 2. The van der Waals surface area contributed by atoms with Crippen LogP contribution in [0.1, 0.15) is 12.0 Å². The fourth-order valence-electron chi connectivity index (χ4n) is 1.41. The van der Waals surface area contributed by atoms with Gasteiger partial charge in [0.05, 0.1) is 5.75 Å². The Labute approximate surface area is 112 Å². The molecule has 1 aromatic carbocycles. The number of carbonyl (C=O) groups excluding carboxylic acids is 1. The third kappa shape index (κ3) is 5.42. The third-order valence-electron chi connectivity index (χ3n) is 2.38. The minimum Gasteiger partial charge on any atom is -0.398 e. The third-order valence-corrected chi connectivity index (χ3v) is 3.45. The van der Waals surface area contributed by atoms with E-state index in [1.54, 1.807) is 7.11 Å². The van der Waals surface area contributed by atoms with Crippen LogP contribution >= 0.6 is 11.8 Å². The smallest absolute Gasteiger partial charge is 0.230 e. The predicted molar refractivity (Wildman–Crippen MR) is 75.8 cm³/mol. The molecule has 3 N–H and O–H groups in total. The molecule has 0 saturated heterocycles. The summed E-state index contributed by atoms with van der Waals surface area (Å²) >= 11 is 1.46. The molecular formula is C13H20N2O2S. The quantitative estimate of drug-likeness (QED) is 0.450. The zero-order valence-corrected chi connectivity index (χ0v) is 11.7. The maximum Gasteiger partial charge on any atom is 0.230 e. The van der Waals surface area contributed by atoms with Crippen LogP contribution in [0.4, 0.5) is 5.69 Å². The number of ether oxygens (including phenoxy) is 1. The molecular weight excluding hydrogens is 248 g/mol. The predicted octanol–water partition coefficient (Wildman–Crippen LogP) is 1.82. The molecule has 1 amide bonds. The molecule has 0 spiro atoms. The maximum absolute atomic E-state index is 11.6. The average Bonchev–Trinajstić information content (AvgIpc) is 2.36. The number of amides is 1. The van der Waals surface area contributed by atoms with E-state index in [-0.39, 0.29) is 5.91 Å². The van der Waals surface area contributed by atoms with Crippen molar-refractivity contribution >= 4 is 23.4 Å². The summed E-state index contributed by atoms with van der Waals surface area (Å²) in [6.45, 7) is 3.32. The summed E-state index contributed by atoms with van der Waals surface area (Å²) in [5.41, 5.74) is 7.71. The van der Waals surface area contributed by atoms with Gasteiger partial charge < -0.3 is 15.8 Å². The monoisotopic (exact) mass is 268 g/mol. The van der Waals surface area contributed by atoms with E-state index in [1.165, 1.54) is 11.8 Å². The summed E-state index contributed by atoms with van der Waals surface area (Å²) in [6, 6.07) is 5.83. The van der Waals surface area contributed by atoms with Gasteiger partial charge in [0, 0.05) is 30.8 Å². The Bertz CT molecular complexity index is 397. The Morgan fingerprint density at radius 3 is 3.00 bits per heavy atom. The van der Waals surface area contributed by atoms with Gasteiger partial charge in [0.2, 0.25) is 5.91 Å². The van der Waals surface area contributed by atoms with Crippen LogP contribution in [0, 0.1) is 6.92 Å². The molecule has 100 valence electrons. The first-order chi connectivity index (χ1) is 8.63. The lowest BCUT2D eigenvalue weighted by molar-refractivity contribution is -0.118. The van der Waals surface area contributed by atoms with Crippen molar-refractivity contribution in [1.82, 2.24) is 5.32 Å². The van der Waals surface area contributed by atoms with Crippen molar-refractivity contribution in [1.29, 1.82) is 0 Å². The van der Waals surface area contributed by atoms with E-state index < -0.39 is 0 Å². The van der Waals surface area contributed by atoms with Crippen molar-refractivity contribution in [3.05, 3.63) is 23.8 Å². The van der Waals surface area contributed by atoms with Crippen molar-refractivity contribution in [3.8, 4) is 0 Å². The standard InChI is InChI=1S/C13H20N2O2S/c1-10-4-5-11(14)12(8-10)18-9-13(16)15-6-3-7-17-2/h4-5,8H,3,6-7,9,14H2,1-2H3,(H,15,16). The number of anilines is 1. The molecule has 0 radical (unpaired) electrons. The molecule has 0 saturated carbocycles. The highest BCUT2D eigenvalue weighted by Gasteiger charge is 2.05. The summed E-state index contributed by atoms with van der Waals surface area (Å²) in [5.74, 6) is 0.415. The van der Waals surface area contributed by atoms with Gasteiger partial charge in [0.1, 0.15) is 0 Å². The molecule has 0 aromatic heterocycles. The van der Waals surface area contributed by atoms with Gasteiger partial charge in [-0.1, -0.05) is 6.07 Å². The van der Waals surface area contributed by atoms with Gasteiger partial charge in [-0.3, -0.25) is 4.79 Å². The highest BCUT2D eigenvalue weighted by atomic mass is 32.2. The zero-order chi connectivity index (χ0) is 13.4. The average molecular weight is 268 g/mol. The first kappa shape index (κ1) is 14.9. The normalized spacial score (nSPS) is 10.3. The van der Waals surface area contributed by atoms with Crippen molar-refractivity contribution < 1.29 is 9.53 Å². The lowest BCUT2D eigenvalue weighted by Crippen LogP contribution is -2.26. The topological polar surface area (TPSA) is 64.3 Å². The second-order valence-corrected chi connectivity index (χ2v) is 5.04. The number of benzene rings is 1. The lowest BCUT2D eigenvalue weighted by Gasteiger charge is -2.07. The molecule has 1 aromatic rings. The fourth-order valence-corrected chi connectivity index (χ4v) is 2.30. The number of aryl methyl sites for hydroxylation is 1. The number of nitrogens with two attached hydrogens (primary N) is 1. The van der Waals surface area contributed by atoms with E-state index >= 15 is 0 Å². The minimum absolute atomic E-state index is 0.0250. The van der Waals surface area contributed by atoms with E-state index in [9.17, 15) is 4.79 Å². The molecule has 0 heterocycles. The Morgan fingerprint density at radius 1 is 1.50 bits per heavy atom. The van der Waals surface area contributed by atoms with E-state index in [2.05, 4.69) is 5.32 Å². The minimum atomic E-state index is 0.0250. The highest BCUT2D eigenvalue weighted by Crippen LogP contribution is 2.25. The number of hydrogen-bond acceptors (Lipinski definition) is 4. The van der Waals surface area contributed by atoms with E-state index in [4.69, 9.17) is 10.5 Å². The van der Waals surface area contributed by atoms with Gasteiger partial charge in [-0.25, -0.2) is 0 Å². The molecule has 1 rings (SSSR count). The van der Waals surface area contributed by atoms with Crippen molar-refractivity contribution in [2.45, 2.75) is 18.2 Å². The van der Waals surface area contributed by atoms with Crippen molar-refractivity contribution in [2.24, 2.45) is 0 Å². The Kier molecular flexibility index (Phi) is 6.60. The summed E-state index contributed by atoms with van der Waals surface area (Å²) < 4.78 is 4.91. The molecule has 5 heteroatoms. The molecule has 0 fully saturated rings. The van der Waals surface area contributed by atoms with Gasteiger partial charge in [-0.15, -0.1) is 11.8 Å². The van der Waals surface area contributed by atoms with Gasteiger partial charge in [-0.05, 0) is 31.0 Å². The molecule has 0 aliphatic rings. The Morgan fingerprint density at radius 2 is 2.28 bits per heavy atom. The van der Waals surface area contributed by atoms with Crippen LogP contribution in [0.5, 0.6) is 0 Å². The second-order valence-electron chi connectivity index (χ2n) is 4.03. The Hall–Kier alpha value is -1.20. The summed E-state index contributed by atoms with van der Waals surface area (Å²) in [5, 5.41) is 2.84. The first-order valence-corrected chi connectivity index (χ1v) is 6.86. The second kappa shape index (κ2) is 8.00. The van der Waals surface area contributed by atoms with Gasteiger partial charge in [-0.2, -0.15) is 0 Å². The van der Waals surface area contributed by atoms with Crippen LogP contribution in [-0.4, -0.2) is 31.9 Å². The van der Waals surface area contributed by atoms with E-state index in [0.29, 0.717) is 18.9 Å². The van der Waals surface area contributed by atoms with E-state index in [1.807, 2.05) is 25.1 Å². The molecule has 0 aliphatic heterocycles. The number of carbonyl (C=O) groups is 1. The van der Waals surface area contributed by atoms with Gasteiger partial charge >= 0.3 is 0 Å². The first-order valence-electron chi connectivity index (χ1n) is 5.88. The molecule has 4 nitrogen and oxygen atoms in total. The maximum atomic E-state index is 11.6. The van der Waals surface area contributed by atoms with Crippen molar-refractivity contribution in [2.75, 3.05) is 31.7 Å². The summed E-state index contributed by atoms with van der Waals surface area (Å²) in [7, 11) is 1.65. The number of nitrogens with one attached hydrogen (secondary N) is 1.